The molecule has 0 radical (unpaired) electrons. The topological polar surface area (TPSA) is 66.4 Å². The van der Waals surface area contributed by atoms with E-state index in [-0.39, 0.29) is 63.9 Å². The van der Waals surface area contributed by atoms with E-state index in [9.17, 15) is 13.0 Å². The molecule has 0 aromatic carbocycles. The molecule has 0 unspecified atom stereocenters. The van der Waals surface area contributed by atoms with Crippen LogP contribution in [0.5, 0.6) is 0 Å². The average molecular weight is 473 g/mol. The molecular weight excluding hydrogens is 423 g/mol. The fraction of sp³-hybridized carbons (Fsp3) is 1.00. The zero-order valence-electron chi connectivity index (χ0n) is 20.5. The summed E-state index contributed by atoms with van der Waals surface area (Å²) in [6, 6.07) is 0. The molecule has 0 aliphatic carbocycles. The molecule has 0 saturated carbocycles. The van der Waals surface area contributed by atoms with Crippen LogP contribution in [-0.2, 0) is 14.6 Å². The van der Waals surface area contributed by atoms with Crippen LogP contribution in [0, 0.1) is 5.92 Å². The second-order valence-electron chi connectivity index (χ2n) is 8.79. The quantitative estimate of drug-likeness (QED) is 0.0915. The van der Waals surface area contributed by atoms with Gasteiger partial charge in [-0.2, -0.15) is 0 Å². The summed E-state index contributed by atoms with van der Waals surface area (Å²) in [6.07, 6.45) is 25.1. The van der Waals surface area contributed by atoms with Gasteiger partial charge in [0, 0.05) is 0 Å². The van der Waals surface area contributed by atoms with Crippen LogP contribution in [0.4, 0.5) is 0 Å². The van der Waals surface area contributed by atoms with Crippen LogP contribution >= 0.6 is 0 Å². The first-order valence-electron chi connectivity index (χ1n) is 12.6. The molecule has 4 nitrogen and oxygen atoms in total. The van der Waals surface area contributed by atoms with E-state index >= 15 is 0 Å². The van der Waals surface area contributed by atoms with Gasteiger partial charge in [0.25, 0.3) is 0 Å². The maximum Gasteiger partial charge on any atom is 1.00 e. The first kappa shape index (κ1) is 33.7. The van der Waals surface area contributed by atoms with Crippen LogP contribution in [0.3, 0.4) is 0 Å². The van der Waals surface area contributed by atoms with Crippen LogP contribution < -0.4 is 51.4 Å². The molecule has 30 heavy (non-hydrogen) atoms. The summed E-state index contributed by atoms with van der Waals surface area (Å²) in [5.41, 5.74) is 0. The first-order valence-corrected chi connectivity index (χ1v) is 13.9. The van der Waals surface area contributed by atoms with E-state index in [0.717, 1.165) is 25.7 Å². The summed E-state index contributed by atoms with van der Waals surface area (Å²) in [6.45, 7) is 4.56. The van der Waals surface area contributed by atoms with Gasteiger partial charge in [0.1, 0.15) is 0 Å². The SMILES string of the molecule is CCCCCCCCCCCC(CCCCCCCCCCC)COS(=O)(=O)[O-].[K+]. The van der Waals surface area contributed by atoms with Gasteiger partial charge in [-0.3, -0.25) is 4.18 Å². The van der Waals surface area contributed by atoms with Crippen molar-refractivity contribution in [2.45, 2.75) is 142 Å². The molecule has 0 saturated heterocycles. The van der Waals surface area contributed by atoms with Gasteiger partial charge < -0.3 is 4.55 Å². The van der Waals surface area contributed by atoms with Gasteiger partial charge in [-0.15, -0.1) is 0 Å². The smallest absolute Gasteiger partial charge is 0.726 e. The van der Waals surface area contributed by atoms with E-state index in [4.69, 9.17) is 0 Å². The van der Waals surface area contributed by atoms with Gasteiger partial charge in [0.2, 0.25) is 10.4 Å². The third-order valence-corrected chi connectivity index (χ3v) is 6.30. The monoisotopic (exact) mass is 472 g/mol. The molecule has 0 aromatic rings. The first-order chi connectivity index (χ1) is 14.0. The van der Waals surface area contributed by atoms with E-state index in [0.29, 0.717) is 0 Å². The molecule has 0 bridgehead atoms. The molecule has 0 N–H and O–H groups in total. The number of unbranched alkanes of at least 4 members (excludes halogenated alkanes) is 16. The Bertz CT molecular complexity index is 407. The zero-order chi connectivity index (χ0) is 21.6. The Kier molecular flexibility index (Phi) is 28.2. The van der Waals surface area contributed by atoms with Crippen molar-refractivity contribution >= 4 is 10.4 Å². The fourth-order valence-electron chi connectivity index (χ4n) is 3.98. The summed E-state index contributed by atoms with van der Waals surface area (Å²) in [5, 5.41) is 0. The molecular formula is C24H49KO4S. The van der Waals surface area contributed by atoms with Crippen molar-refractivity contribution in [3.8, 4) is 0 Å². The maximum atomic E-state index is 10.8. The van der Waals surface area contributed by atoms with Crippen molar-refractivity contribution in [3.05, 3.63) is 0 Å². The van der Waals surface area contributed by atoms with Gasteiger partial charge in [-0.25, -0.2) is 8.42 Å². The summed E-state index contributed by atoms with van der Waals surface area (Å²) < 4.78 is 37.0. The molecule has 0 aliphatic rings. The van der Waals surface area contributed by atoms with Crippen LogP contribution in [0.25, 0.3) is 0 Å². The normalized spacial score (nSPS) is 11.7. The minimum absolute atomic E-state index is 0. The molecule has 0 heterocycles. The van der Waals surface area contributed by atoms with Crippen molar-refractivity contribution in [1.82, 2.24) is 0 Å². The molecule has 0 aliphatic heterocycles. The Hall–Kier alpha value is 1.51. The number of hydrogen-bond donors (Lipinski definition) is 0. The van der Waals surface area contributed by atoms with Crippen molar-refractivity contribution in [2.24, 2.45) is 5.92 Å². The Morgan fingerprint density at radius 2 is 0.900 bits per heavy atom. The summed E-state index contributed by atoms with van der Waals surface area (Å²) >= 11 is 0. The van der Waals surface area contributed by atoms with Gasteiger partial charge in [0.15, 0.2) is 0 Å². The predicted octanol–water partition coefficient (Wildman–Crippen LogP) is 4.93. The van der Waals surface area contributed by atoms with E-state index < -0.39 is 10.4 Å². The minimum atomic E-state index is -4.57. The molecule has 0 rings (SSSR count). The Labute approximate surface area is 231 Å². The van der Waals surface area contributed by atoms with Crippen molar-refractivity contribution < 1.29 is 68.5 Å². The van der Waals surface area contributed by atoms with Crippen molar-refractivity contribution in [1.29, 1.82) is 0 Å². The molecule has 176 valence electrons. The summed E-state index contributed by atoms with van der Waals surface area (Å²) in [4.78, 5) is 0. The van der Waals surface area contributed by atoms with Crippen LogP contribution in [0.15, 0.2) is 0 Å². The summed E-state index contributed by atoms with van der Waals surface area (Å²) in [7, 11) is -4.57. The summed E-state index contributed by atoms with van der Waals surface area (Å²) in [5.74, 6) is 0.202. The molecule has 0 spiro atoms. The largest absolute Gasteiger partial charge is 1.00 e. The Morgan fingerprint density at radius 1 is 0.600 bits per heavy atom. The van der Waals surface area contributed by atoms with E-state index in [1.54, 1.807) is 0 Å². The van der Waals surface area contributed by atoms with Gasteiger partial charge in [-0.1, -0.05) is 129 Å². The zero-order valence-corrected chi connectivity index (χ0v) is 24.4. The van der Waals surface area contributed by atoms with Crippen LogP contribution in [-0.4, -0.2) is 19.6 Å². The van der Waals surface area contributed by atoms with E-state index in [1.807, 2.05) is 0 Å². The third-order valence-electron chi connectivity index (χ3n) is 5.88. The number of rotatable bonds is 23. The maximum absolute atomic E-state index is 10.8. The Balaban J connectivity index is 0. The van der Waals surface area contributed by atoms with Gasteiger partial charge >= 0.3 is 51.4 Å². The number of hydrogen-bond acceptors (Lipinski definition) is 4. The Morgan fingerprint density at radius 3 is 1.20 bits per heavy atom. The molecule has 6 heteroatoms. The second kappa shape index (κ2) is 25.1. The average Bonchev–Trinajstić information content (AvgIpc) is 2.68. The van der Waals surface area contributed by atoms with Crippen LogP contribution in [0.1, 0.15) is 142 Å². The molecule has 0 fully saturated rings. The molecule has 0 aromatic heterocycles. The minimum Gasteiger partial charge on any atom is -0.726 e. The van der Waals surface area contributed by atoms with Gasteiger partial charge in [-0.05, 0) is 18.8 Å². The van der Waals surface area contributed by atoms with Gasteiger partial charge in [0.05, 0.1) is 6.61 Å². The van der Waals surface area contributed by atoms with Crippen molar-refractivity contribution in [3.63, 3.8) is 0 Å². The van der Waals surface area contributed by atoms with E-state index in [1.165, 1.54) is 103 Å². The molecule has 0 amide bonds. The van der Waals surface area contributed by atoms with Crippen molar-refractivity contribution in [2.75, 3.05) is 6.61 Å². The predicted molar refractivity (Wildman–Crippen MR) is 123 cm³/mol. The standard InChI is InChI=1S/C24H50O4S.K/c1-3-5-7-9-11-13-15-17-19-21-24(23-28-29(25,26)27)22-20-18-16-14-12-10-8-6-4-2;/h24H,3-23H2,1-2H3,(H,25,26,27);/q;+1/p-1. The second-order valence-corrected chi connectivity index (χ2v) is 9.85. The van der Waals surface area contributed by atoms with E-state index in [2.05, 4.69) is 18.0 Å². The van der Waals surface area contributed by atoms with Crippen LogP contribution in [0.2, 0.25) is 0 Å². The molecule has 0 atom stereocenters. The third kappa shape index (κ3) is 27.5. The fourth-order valence-corrected chi connectivity index (χ4v) is 4.34.